The maximum Gasteiger partial charge on any atom is 0.278 e. The Morgan fingerprint density at radius 2 is 2.13 bits per heavy atom. The molecular weight excluding hydrogens is 427 g/mol. The number of benzene rings is 2. The highest BCUT2D eigenvalue weighted by Crippen LogP contribution is 2.35. The number of fused-ring (bicyclic) bond motifs is 1. The molecule has 31 heavy (non-hydrogen) atoms. The van der Waals surface area contributed by atoms with Gasteiger partial charge in [-0.25, -0.2) is 4.98 Å². The summed E-state index contributed by atoms with van der Waals surface area (Å²) in [7, 11) is 0.542. The highest BCUT2D eigenvalue weighted by atomic mass is 32.1. The number of aromatic nitrogens is 1. The Morgan fingerprint density at radius 3 is 2.87 bits per heavy atom. The average molecular weight is 448 g/mol. The zero-order valence-electron chi connectivity index (χ0n) is 17.0. The first kappa shape index (κ1) is 21.0. The summed E-state index contributed by atoms with van der Waals surface area (Å²) in [6, 6.07) is 17.7. The molecule has 0 spiro atoms. The molecule has 0 radical (unpaired) electrons. The lowest BCUT2D eigenvalue weighted by molar-refractivity contribution is 0.0979. The van der Waals surface area contributed by atoms with E-state index in [1.54, 1.807) is 12.1 Å². The molecule has 156 valence electrons. The lowest BCUT2D eigenvalue weighted by Gasteiger charge is -2.31. The van der Waals surface area contributed by atoms with Crippen molar-refractivity contribution in [2.75, 3.05) is 18.1 Å². The van der Waals surface area contributed by atoms with E-state index in [9.17, 15) is 4.79 Å². The Hall–Kier alpha value is -3.20. The number of carbonyl (C=O) groups is 1. The number of ether oxygens (including phenoxy) is 1. The van der Waals surface area contributed by atoms with Crippen LogP contribution in [0.5, 0.6) is 5.75 Å². The van der Waals surface area contributed by atoms with E-state index < -0.39 is 0 Å². The van der Waals surface area contributed by atoms with Gasteiger partial charge in [0.1, 0.15) is 11.4 Å². The van der Waals surface area contributed by atoms with Gasteiger partial charge in [0.2, 0.25) is 0 Å². The van der Waals surface area contributed by atoms with E-state index in [-0.39, 0.29) is 11.8 Å². The Bertz CT molecular complexity index is 1150. The fourth-order valence-electron chi connectivity index (χ4n) is 3.61. The molecule has 2 aromatic carbocycles. The lowest BCUT2D eigenvalue weighted by Crippen LogP contribution is -2.32. The van der Waals surface area contributed by atoms with Gasteiger partial charge in [0.25, 0.3) is 5.91 Å². The second-order valence-corrected chi connectivity index (χ2v) is 8.98. The molecule has 0 fully saturated rings. The Balaban J connectivity index is 1.65. The van der Waals surface area contributed by atoms with Crippen molar-refractivity contribution in [3.8, 4) is 11.8 Å². The summed E-state index contributed by atoms with van der Waals surface area (Å²) in [5.41, 5.74) is 3.14. The zero-order valence-corrected chi connectivity index (χ0v) is 18.7. The fraction of sp³-hybridized carbons (Fsp3) is 0.217. The minimum Gasteiger partial charge on any atom is -0.493 e. The third-order valence-corrected chi connectivity index (χ3v) is 6.47. The molecule has 1 aliphatic heterocycles. The first-order valence-electron chi connectivity index (χ1n) is 9.81. The molecule has 2 heterocycles. The van der Waals surface area contributed by atoms with Gasteiger partial charge in [-0.3, -0.25) is 4.79 Å². The largest absolute Gasteiger partial charge is 0.493 e. The van der Waals surface area contributed by atoms with Gasteiger partial charge in [-0.05, 0) is 49.2 Å². The fourth-order valence-corrected chi connectivity index (χ4v) is 4.79. The molecule has 1 amide bonds. The van der Waals surface area contributed by atoms with Crippen LogP contribution in [0.1, 0.15) is 26.5 Å². The number of nitrogens with one attached hydrogen (secondary N) is 1. The summed E-state index contributed by atoms with van der Waals surface area (Å²) in [5, 5.41) is 12.6. The summed E-state index contributed by atoms with van der Waals surface area (Å²) < 4.78 is 5.99. The molecule has 0 saturated heterocycles. The standard InChI is InChI=1S/C23H21N4O2PS/c1-15-21(22(28)26-30-2)25-23(31-15)27(19-9-7-16(12-24)8-10-19)13-17-11-18-5-3-4-6-20(18)29-14-17/h3-10,17H,2,11,13-14H2,1H3,(H,26,28). The van der Waals surface area contributed by atoms with Crippen molar-refractivity contribution in [2.45, 2.75) is 13.3 Å². The van der Waals surface area contributed by atoms with Crippen LogP contribution in [0.3, 0.4) is 0 Å². The van der Waals surface area contributed by atoms with Gasteiger partial charge in [-0.1, -0.05) is 24.5 Å². The second-order valence-electron chi connectivity index (χ2n) is 7.26. The number of para-hydroxylation sites is 1. The van der Waals surface area contributed by atoms with Crippen LogP contribution in [-0.2, 0) is 6.42 Å². The second kappa shape index (κ2) is 9.30. The molecule has 8 heteroatoms. The van der Waals surface area contributed by atoms with Gasteiger partial charge in [-0.15, -0.1) is 11.3 Å². The van der Waals surface area contributed by atoms with Crippen molar-refractivity contribution in [2.24, 2.45) is 5.92 Å². The number of anilines is 2. The Morgan fingerprint density at radius 1 is 1.35 bits per heavy atom. The molecule has 1 unspecified atom stereocenters. The van der Waals surface area contributed by atoms with E-state index in [2.05, 4.69) is 33.4 Å². The van der Waals surface area contributed by atoms with E-state index in [0.29, 0.717) is 32.8 Å². The number of aryl methyl sites for hydroxylation is 1. The predicted octanol–water partition coefficient (Wildman–Crippen LogP) is 4.74. The Kier molecular flexibility index (Phi) is 6.31. The summed E-state index contributed by atoms with van der Waals surface area (Å²) in [6.45, 7) is 3.19. The smallest absolute Gasteiger partial charge is 0.278 e. The highest BCUT2D eigenvalue weighted by Gasteiger charge is 2.26. The van der Waals surface area contributed by atoms with E-state index in [0.717, 1.165) is 27.9 Å². The number of nitriles is 1. The monoisotopic (exact) mass is 448 g/mol. The minimum absolute atomic E-state index is 0.230. The van der Waals surface area contributed by atoms with Crippen molar-refractivity contribution in [1.82, 2.24) is 10.1 Å². The van der Waals surface area contributed by atoms with E-state index >= 15 is 0 Å². The average Bonchev–Trinajstić information content (AvgIpc) is 3.19. The van der Waals surface area contributed by atoms with E-state index in [1.165, 1.54) is 16.9 Å². The molecule has 1 aliphatic rings. The normalized spacial score (nSPS) is 14.9. The van der Waals surface area contributed by atoms with Gasteiger partial charge in [0, 0.05) is 31.4 Å². The summed E-state index contributed by atoms with van der Waals surface area (Å²) in [6.07, 6.45) is 4.55. The number of thiazole rings is 1. The van der Waals surface area contributed by atoms with E-state index in [1.807, 2.05) is 37.3 Å². The summed E-state index contributed by atoms with van der Waals surface area (Å²) >= 11 is 1.48. The van der Waals surface area contributed by atoms with Gasteiger partial charge in [0.15, 0.2) is 5.13 Å². The minimum atomic E-state index is -0.230. The SMILES string of the molecule is C=PNC(=O)c1nc(N(CC2COc3ccccc3C2)c2ccc(C#N)cc2)sc1C. The van der Waals surface area contributed by atoms with Crippen molar-refractivity contribution in [1.29, 1.82) is 5.26 Å². The number of amides is 1. The number of carbonyl (C=O) groups excluding carboxylic acids is 1. The van der Waals surface area contributed by atoms with E-state index in [4.69, 9.17) is 10.00 Å². The highest BCUT2D eigenvalue weighted by molar-refractivity contribution is 7.35. The first-order chi connectivity index (χ1) is 15.1. The molecule has 0 aliphatic carbocycles. The molecular formula is C23H21N4O2PS. The molecule has 0 bridgehead atoms. The molecule has 6 nitrogen and oxygen atoms in total. The van der Waals surface area contributed by atoms with Crippen LogP contribution >= 0.6 is 19.7 Å². The van der Waals surface area contributed by atoms with Crippen molar-refractivity contribution < 1.29 is 9.53 Å². The predicted molar refractivity (Wildman–Crippen MR) is 126 cm³/mol. The number of rotatable bonds is 6. The molecule has 1 atom stereocenters. The van der Waals surface area contributed by atoms with Gasteiger partial charge < -0.3 is 14.7 Å². The molecule has 1 N–H and O–H groups in total. The van der Waals surface area contributed by atoms with Crippen LogP contribution < -0.4 is 14.7 Å². The third-order valence-electron chi connectivity index (χ3n) is 5.12. The van der Waals surface area contributed by atoms with Crippen molar-refractivity contribution >= 4 is 42.7 Å². The third kappa shape index (κ3) is 4.61. The first-order valence-corrected chi connectivity index (χ1v) is 11.7. The van der Waals surface area contributed by atoms with Crippen molar-refractivity contribution in [3.05, 3.63) is 70.2 Å². The molecule has 3 aromatic rings. The van der Waals surface area contributed by atoms with Crippen LogP contribution in [0.4, 0.5) is 10.8 Å². The summed E-state index contributed by atoms with van der Waals surface area (Å²) in [5.74, 6) is 0.969. The molecule has 1 aromatic heterocycles. The number of hydrogen-bond donors (Lipinski definition) is 1. The van der Waals surface area contributed by atoms with Crippen LogP contribution in [0.15, 0.2) is 48.5 Å². The number of nitrogens with zero attached hydrogens (tertiary/aromatic N) is 3. The zero-order chi connectivity index (χ0) is 21.8. The van der Waals surface area contributed by atoms with Crippen molar-refractivity contribution in [3.63, 3.8) is 0 Å². The number of hydrogen-bond acceptors (Lipinski definition) is 6. The maximum atomic E-state index is 12.4. The van der Waals surface area contributed by atoms with Gasteiger partial charge in [0.05, 0.1) is 18.2 Å². The molecule has 4 rings (SSSR count). The maximum absolute atomic E-state index is 12.4. The quantitative estimate of drug-likeness (QED) is 0.552. The Labute approximate surface area is 187 Å². The topological polar surface area (TPSA) is 78.2 Å². The van der Waals surface area contributed by atoms with Crippen LogP contribution in [-0.4, -0.2) is 30.3 Å². The lowest BCUT2D eigenvalue weighted by atomic mass is 9.96. The van der Waals surface area contributed by atoms with Crippen LogP contribution in [0.25, 0.3) is 0 Å². The summed E-state index contributed by atoms with van der Waals surface area (Å²) in [4.78, 5) is 20.0. The van der Waals surface area contributed by atoms with Crippen LogP contribution in [0, 0.1) is 24.2 Å². The van der Waals surface area contributed by atoms with Gasteiger partial charge in [-0.2, -0.15) is 5.26 Å². The van der Waals surface area contributed by atoms with Crippen LogP contribution in [0.2, 0.25) is 0 Å². The van der Waals surface area contributed by atoms with Gasteiger partial charge >= 0.3 is 0 Å². The molecule has 0 saturated carbocycles.